The van der Waals surface area contributed by atoms with Crippen LogP contribution in [0, 0.1) is 0 Å². The van der Waals surface area contributed by atoms with E-state index in [2.05, 4.69) is 22.9 Å². The van der Waals surface area contributed by atoms with Crippen LogP contribution in [0.2, 0.25) is 0 Å². The van der Waals surface area contributed by atoms with Crippen molar-refractivity contribution in [2.75, 3.05) is 6.54 Å². The van der Waals surface area contributed by atoms with Crippen molar-refractivity contribution in [1.29, 1.82) is 0 Å². The molecule has 0 aromatic heterocycles. The summed E-state index contributed by atoms with van der Waals surface area (Å²) < 4.78 is 0. The van der Waals surface area contributed by atoms with E-state index in [9.17, 15) is 9.59 Å². The van der Waals surface area contributed by atoms with Gasteiger partial charge in [0.25, 0.3) is 0 Å². The first-order valence-corrected chi connectivity index (χ1v) is 7.87. The van der Waals surface area contributed by atoms with Gasteiger partial charge in [-0.2, -0.15) is 0 Å². The molecule has 2 amide bonds. The van der Waals surface area contributed by atoms with Gasteiger partial charge >= 0.3 is 0 Å². The summed E-state index contributed by atoms with van der Waals surface area (Å²) in [5.41, 5.74) is -0.679. The molecule has 6 heteroatoms. The van der Waals surface area contributed by atoms with Gasteiger partial charge in [0, 0.05) is 19.0 Å². The first-order chi connectivity index (χ1) is 9.53. The highest BCUT2D eigenvalue weighted by atomic mass is 35.5. The highest BCUT2D eigenvalue weighted by Crippen LogP contribution is 2.29. The lowest BCUT2D eigenvalue weighted by Crippen LogP contribution is -2.63. The summed E-state index contributed by atoms with van der Waals surface area (Å²) >= 11 is 0. The minimum atomic E-state index is -0.679. The standard InChI is InChI=1S/C15H27N3O2.ClH/c1-11-13(7-6-10-16-11)17-14(20)15(18-12(2)19)8-4-3-5-9-15;/h11,13,16H,3-10H2,1-2H3,(H,17,20)(H,18,19);1H. The second kappa shape index (κ2) is 7.99. The molecule has 2 aliphatic rings. The molecular weight excluding hydrogens is 290 g/mol. The van der Waals surface area contributed by atoms with Gasteiger partial charge in [-0.3, -0.25) is 9.59 Å². The van der Waals surface area contributed by atoms with Crippen LogP contribution in [0.3, 0.4) is 0 Å². The molecular formula is C15H28ClN3O2. The molecule has 0 aromatic carbocycles. The van der Waals surface area contributed by atoms with Crippen LogP contribution in [-0.4, -0.2) is 36.0 Å². The van der Waals surface area contributed by atoms with Crippen LogP contribution >= 0.6 is 12.4 Å². The van der Waals surface area contributed by atoms with Crippen molar-refractivity contribution in [2.45, 2.75) is 76.4 Å². The topological polar surface area (TPSA) is 70.2 Å². The molecule has 3 N–H and O–H groups in total. The van der Waals surface area contributed by atoms with Gasteiger partial charge in [0.2, 0.25) is 11.8 Å². The third-order valence-electron chi connectivity index (χ3n) is 4.64. The molecule has 1 aliphatic carbocycles. The van der Waals surface area contributed by atoms with Gasteiger partial charge in [-0.1, -0.05) is 19.3 Å². The van der Waals surface area contributed by atoms with Crippen molar-refractivity contribution in [3.63, 3.8) is 0 Å². The Balaban J connectivity index is 0.00000220. The average molecular weight is 318 g/mol. The van der Waals surface area contributed by atoms with E-state index < -0.39 is 5.54 Å². The normalized spacial score (nSPS) is 28.1. The van der Waals surface area contributed by atoms with Crippen molar-refractivity contribution >= 4 is 24.2 Å². The summed E-state index contributed by atoms with van der Waals surface area (Å²) in [5.74, 6) is -0.107. The lowest BCUT2D eigenvalue weighted by atomic mass is 9.80. The number of rotatable bonds is 3. The second-order valence-electron chi connectivity index (χ2n) is 6.29. The first kappa shape index (κ1) is 18.2. The Labute approximate surface area is 133 Å². The van der Waals surface area contributed by atoms with Crippen molar-refractivity contribution < 1.29 is 9.59 Å². The van der Waals surface area contributed by atoms with Crippen LogP contribution in [0.15, 0.2) is 0 Å². The number of hydrogen-bond acceptors (Lipinski definition) is 3. The van der Waals surface area contributed by atoms with E-state index in [1.165, 1.54) is 6.92 Å². The van der Waals surface area contributed by atoms with Crippen molar-refractivity contribution in [3.8, 4) is 0 Å². The molecule has 1 heterocycles. The van der Waals surface area contributed by atoms with Gasteiger partial charge in [0.15, 0.2) is 0 Å². The van der Waals surface area contributed by atoms with Gasteiger partial charge in [-0.05, 0) is 39.2 Å². The zero-order valence-corrected chi connectivity index (χ0v) is 13.9. The fourth-order valence-corrected chi connectivity index (χ4v) is 3.45. The summed E-state index contributed by atoms with van der Waals surface area (Å²) in [7, 11) is 0. The third kappa shape index (κ3) is 4.58. The lowest BCUT2D eigenvalue weighted by molar-refractivity contribution is -0.135. The molecule has 0 bridgehead atoms. The maximum atomic E-state index is 12.7. The van der Waals surface area contributed by atoms with Crippen LogP contribution in [0.1, 0.15) is 58.8 Å². The van der Waals surface area contributed by atoms with Gasteiger partial charge in [-0.15, -0.1) is 12.4 Å². The van der Waals surface area contributed by atoms with Crippen LogP contribution < -0.4 is 16.0 Å². The monoisotopic (exact) mass is 317 g/mol. The smallest absolute Gasteiger partial charge is 0.246 e. The third-order valence-corrected chi connectivity index (χ3v) is 4.64. The maximum Gasteiger partial charge on any atom is 0.246 e. The Bertz CT molecular complexity index is 370. The molecule has 2 unspecified atom stereocenters. The van der Waals surface area contributed by atoms with E-state index in [0.717, 1.165) is 51.5 Å². The number of nitrogens with one attached hydrogen (secondary N) is 3. The fourth-order valence-electron chi connectivity index (χ4n) is 3.45. The average Bonchev–Trinajstić information content (AvgIpc) is 2.41. The van der Waals surface area contributed by atoms with Crippen molar-refractivity contribution in [1.82, 2.24) is 16.0 Å². The van der Waals surface area contributed by atoms with Crippen LogP contribution in [0.25, 0.3) is 0 Å². The van der Waals surface area contributed by atoms with Gasteiger partial charge in [-0.25, -0.2) is 0 Å². The van der Waals surface area contributed by atoms with Crippen LogP contribution in [-0.2, 0) is 9.59 Å². The Kier molecular flexibility index (Phi) is 6.94. The molecule has 2 fully saturated rings. The molecule has 0 spiro atoms. The number of carbonyl (C=O) groups is 2. The molecule has 0 aromatic rings. The minimum absolute atomic E-state index is 0. The fraction of sp³-hybridized carbons (Fsp3) is 0.867. The van der Waals surface area contributed by atoms with Crippen LogP contribution in [0.5, 0.6) is 0 Å². The van der Waals surface area contributed by atoms with Gasteiger partial charge < -0.3 is 16.0 Å². The lowest BCUT2D eigenvalue weighted by Gasteiger charge is -2.39. The number of piperidine rings is 1. The molecule has 0 radical (unpaired) electrons. The zero-order chi connectivity index (χ0) is 14.6. The second-order valence-corrected chi connectivity index (χ2v) is 6.29. The van der Waals surface area contributed by atoms with Gasteiger partial charge in [0.05, 0.1) is 0 Å². The number of halogens is 1. The van der Waals surface area contributed by atoms with E-state index >= 15 is 0 Å². The number of amides is 2. The molecule has 1 aliphatic heterocycles. The predicted octanol–water partition coefficient (Wildman–Crippen LogP) is 1.50. The molecule has 2 atom stereocenters. The molecule has 2 rings (SSSR count). The highest BCUT2D eigenvalue weighted by Gasteiger charge is 2.41. The minimum Gasteiger partial charge on any atom is -0.350 e. The number of hydrogen-bond donors (Lipinski definition) is 3. The van der Waals surface area contributed by atoms with Crippen molar-refractivity contribution in [2.24, 2.45) is 0 Å². The largest absolute Gasteiger partial charge is 0.350 e. The molecule has 122 valence electrons. The SMILES string of the molecule is CC(=O)NC1(C(=O)NC2CCCNC2C)CCCCC1.Cl. The van der Waals surface area contributed by atoms with E-state index in [1.807, 2.05) is 0 Å². The summed E-state index contributed by atoms with van der Waals surface area (Å²) in [5, 5.41) is 9.49. The first-order valence-electron chi connectivity index (χ1n) is 7.87. The summed E-state index contributed by atoms with van der Waals surface area (Å²) in [6.45, 7) is 4.62. The Morgan fingerprint density at radius 3 is 2.38 bits per heavy atom. The molecule has 5 nitrogen and oxygen atoms in total. The molecule has 1 saturated heterocycles. The summed E-state index contributed by atoms with van der Waals surface area (Å²) in [4.78, 5) is 24.2. The zero-order valence-electron chi connectivity index (χ0n) is 13.0. The van der Waals surface area contributed by atoms with Gasteiger partial charge in [0.1, 0.15) is 5.54 Å². The Hall–Kier alpha value is -0.810. The predicted molar refractivity (Wildman–Crippen MR) is 85.5 cm³/mol. The van der Waals surface area contributed by atoms with E-state index in [0.29, 0.717) is 6.04 Å². The molecule has 21 heavy (non-hydrogen) atoms. The summed E-state index contributed by atoms with van der Waals surface area (Å²) in [6, 6.07) is 0.467. The maximum absolute atomic E-state index is 12.7. The van der Waals surface area contributed by atoms with Crippen molar-refractivity contribution in [3.05, 3.63) is 0 Å². The summed E-state index contributed by atoms with van der Waals surface area (Å²) in [6.07, 6.45) is 6.77. The van der Waals surface area contributed by atoms with Crippen LogP contribution in [0.4, 0.5) is 0 Å². The number of carbonyl (C=O) groups excluding carboxylic acids is 2. The van der Waals surface area contributed by atoms with E-state index in [4.69, 9.17) is 0 Å². The van der Waals surface area contributed by atoms with E-state index in [-0.39, 0.29) is 30.3 Å². The highest BCUT2D eigenvalue weighted by molar-refractivity contribution is 5.91. The molecule has 1 saturated carbocycles. The Morgan fingerprint density at radius 2 is 1.81 bits per heavy atom. The van der Waals surface area contributed by atoms with E-state index in [1.54, 1.807) is 0 Å². The Morgan fingerprint density at radius 1 is 1.14 bits per heavy atom. The quantitative estimate of drug-likeness (QED) is 0.739.